The lowest BCUT2D eigenvalue weighted by atomic mass is 9.99. The van der Waals surface area contributed by atoms with Crippen LogP contribution in [0.3, 0.4) is 0 Å². The van der Waals surface area contributed by atoms with Crippen LogP contribution in [0.25, 0.3) is 0 Å². The lowest BCUT2D eigenvalue weighted by molar-refractivity contribution is -0.162. The molecule has 0 aromatic heterocycles. The van der Waals surface area contributed by atoms with E-state index in [4.69, 9.17) is 19.7 Å². The maximum Gasteiger partial charge on any atom is 0.306 e. The molecule has 0 aliphatic rings. The molecule has 0 heterocycles. The Morgan fingerprint density at radius 2 is 1.33 bits per heavy atom. The highest BCUT2D eigenvalue weighted by molar-refractivity contribution is 5.88. The van der Waals surface area contributed by atoms with Crippen LogP contribution in [0.4, 0.5) is 0 Å². The van der Waals surface area contributed by atoms with Crippen LogP contribution in [0.2, 0.25) is 0 Å². The Balaban J connectivity index is 4.30. The quantitative estimate of drug-likeness (QED) is 0.512. The predicted octanol–water partition coefficient (Wildman–Crippen LogP) is 1.79. The summed E-state index contributed by atoms with van der Waals surface area (Å²) in [6, 6.07) is 0. The second kappa shape index (κ2) is 9.36. The van der Waals surface area contributed by atoms with Crippen LogP contribution >= 0.6 is 0 Å². The molecule has 24 heavy (non-hydrogen) atoms. The third-order valence-electron chi connectivity index (χ3n) is 3.34. The molecule has 2 N–H and O–H groups in total. The van der Waals surface area contributed by atoms with Crippen LogP contribution < -0.4 is 0 Å². The molecule has 0 aliphatic carbocycles. The fourth-order valence-electron chi connectivity index (χ4n) is 1.77. The molecule has 0 radical (unpaired) electrons. The third kappa shape index (κ3) is 9.94. The molecule has 0 aromatic carbocycles. The number of carbonyl (C=O) groups excluding carboxylic acids is 2. The number of esters is 1. The molecule has 0 amide bonds. The number of rotatable bonds is 12. The molecule has 0 rings (SSSR count). The Labute approximate surface area is 141 Å². The number of hydrogen-bond donors (Lipinski definition) is 2. The lowest BCUT2D eigenvalue weighted by Crippen LogP contribution is -2.37. The molecular weight excluding hydrogens is 320 g/mol. The highest BCUT2D eigenvalue weighted by atomic mass is 16.6. The zero-order chi connectivity index (χ0) is 19.0. The van der Waals surface area contributed by atoms with E-state index in [2.05, 4.69) is 0 Å². The van der Waals surface area contributed by atoms with Gasteiger partial charge in [0.2, 0.25) is 0 Å². The fourth-order valence-corrected chi connectivity index (χ4v) is 1.77. The Morgan fingerprint density at radius 1 is 0.833 bits per heavy atom. The van der Waals surface area contributed by atoms with Gasteiger partial charge in [0.05, 0.1) is 25.9 Å². The molecule has 0 atom stereocenters. The number of hydrogen-bond acceptors (Lipinski definition) is 6. The first-order valence-electron chi connectivity index (χ1n) is 7.68. The van der Waals surface area contributed by atoms with Gasteiger partial charge in [-0.05, 0) is 27.7 Å². The first-order valence-corrected chi connectivity index (χ1v) is 7.68. The van der Waals surface area contributed by atoms with Crippen molar-refractivity contribution >= 4 is 23.7 Å². The van der Waals surface area contributed by atoms with E-state index >= 15 is 0 Å². The monoisotopic (exact) mass is 346 g/mol. The SMILES string of the molecule is CC(C)(CCOC(C)(C)C(=O)CCC(=O)O)OC(=O)CCC(=O)O. The number of ketones is 1. The Kier molecular flexibility index (Phi) is 8.60. The van der Waals surface area contributed by atoms with E-state index in [-0.39, 0.29) is 38.1 Å². The fraction of sp³-hybridized carbons (Fsp3) is 0.750. The summed E-state index contributed by atoms with van der Waals surface area (Å²) in [6.07, 6.45) is -0.565. The van der Waals surface area contributed by atoms with E-state index in [1.165, 1.54) is 0 Å². The van der Waals surface area contributed by atoms with Gasteiger partial charge in [0, 0.05) is 12.8 Å². The smallest absolute Gasteiger partial charge is 0.306 e. The molecule has 0 saturated heterocycles. The highest BCUT2D eigenvalue weighted by Gasteiger charge is 2.30. The Hall–Kier alpha value is -1.96. The van der Waals surface area contributed by atoms with Crippen LogP contribution in [0, 0.1) is 0 Å². The standard InChI is InChI=1S/C16H26O8/c1-15(2,24-14(22)8-7-13(20)21)9-10-23-16(3,4)11(17)5-6-12(18)19/h5-10H2,1-4H3,(H,18,19)(H,20,21). The van der Waals surface area contributed by atoms with Gasteiger partial charge in [0.25, 0.3) is 0 Å². The van der Waals surface area contributed by atoms with Crippen molar-refractivity contribution in [3.63, 3.8) is 0 Å². The summed E-state index contributed by atoms with van der Waals surface area (Å²) in [6.45, 7) is 6.57. The van der Waals surface area contributed by atoms with Gasteiger partial charge in [0.1, 0.15) is 11.2 Å². The van der Waals surface area contributed by atoms with Crippen molar-refractivity contribution in [2.45, 2.75) is 71.0 Å². The minimum absolute atomic E-state index is 0.115. The van der Waals surface area contributed by atoms with Gasteiger partial charge in [-0.2, -0.15) is 0 Å². The minimum Gasteiger partial charge on any atom is -0.481 e. The predicted molar refractivity (Wildman–Crippen MR) is 83.6 cm³/mol. The topological polar surface area (TPSA) is 127 Å². The van der Waals surface area contributed by atoms with Gasteiger partial charge >= 0.3 is 17.9 Å². The van der Waals surface area contributed by atoms with E-state index in [0.29, 0.717) is 6.42 Å². The molecular formula is C16H26O8. The highest BCUT2D eigenvalue weighted by Crippen LogP contribution is 2.20. The molecule has 0 aromatic rings. The maximum atomic E-state index is 11.9. The Morgan fingerprint density at radius 3 is 1.83 bits per heavy atom. The van der Waals surface area contributed by atoms with Crippen molar-refractivity contribution in [2.24, 2.45) is 0 Å². The van der Waals surface area contributed by atoms with Crippen LogP contribution in [0.15, 0.2) is 0 Å². The number of carbonyl (C=O) groups is 4. The zero-order valence-corrected chi connectivity index (χ0v) is 14.6. The second-order valence-corrected chi connectivity index (χ2v) is 6.55. The summed E-state index contributed by atoms with van der Waals surface area (Å²) in [4.78, 5) is 44.4. The van der Waals surface area contributed by atoms with Crippen molar-refractivity contribution < 1.29 is 38.9 Å². The summed E-state index contributed by atoms with van der Waals surface area (Å²) in [5.41, 5.74) is -1.99. The number of carboxylic acids is 2. The van der Waals surface area contributed by atoms with Crippen LogP contribution in [-0.2, 0) is 28.7 Å². The van der Waals surface area contributed by atoms with Crippen LogP contribution in [0.5, 0.6) is 0 Å². The van der Waals surface area contributed by atoms with Gasteiger partial charge in [0.15, 0.2) is 5.78 Å². The van der Waals surface area contributed by atoms with E-state index in [0.717, 1.165) is 0 Å². The van der Waals surface area contributed by atoms with Crippen LogP contribution in [0.1, 0.15) is 59.8 Å². The van der Waals surface area contributed by atoms with Crippen molar-refractivity contribution in [3.05, 3.63) is 0 Å². The number of Topliss-reactive ketones (excluding diaryl/α,β-unsaturated/α-hetero) is 1. The van der Waals surface area contributed by atoms with Gasteiger partial charge in [-0.3, -0.25) is 19.2 Å². The van der Waals surface area contributed by atoms with Gasteiger partial charge in [-0.15, -0.1) is 0 Å². The van der Waals surface area contributed by atoms with Gasteiger partial charge in [-0.25, -0.2) is 0 Å². The maximum absolute atomic E-state index is 11.9. The van der Waals surface area contributed by atoms with Crippen molar-refractivity contribution in [1.82, 2.24) is 0 Å². The van der Waals surface area contributed by atoms with Crippen molar-refractivity contribution in [3.8, 4) is 0 Å². The Bertz CT molecular complexity index is 478. The summed E-state index contributed by atoms with van der Waals surface area (Å²) in [5.74, 6) is -3.05. The molecule has 0 spiro atoms. The molecule has 138 valence electrons. The average molecular weight is 346 g/mol. The second-order valence-electron chi connectivity index (χ2n) is 6.55. The molecule has 0 bridgehead atoms. The molecule has 8 heteroatoms. The van der Waals surface area contributed by atoms with Crippen molar-refractivity contribution in [1.29, 1.82) is 0 Å². The van der Waals surface area contributed by atoms with E-state index in [1.54, 1.807) is 27.7 Å². The molecule has 0 saturated carbocycles. The summed E-state index contributed by atoms with van der Waals surface area (Å²) < 4.78 is 10.7. The average Bonchev–Trinajstić information content (AvgIpc) is 2.41. The number of aliphatic carboxylic acids is 2. The summed E-state index contributed by atoms with van der Waals surface area (Å²) in [7, 11) is 0. The minimum atomic E-state index is -1.13. The summed E-state index contributed by atoms with van der Waals surface area (Å²) >= 11 is 0. The van der Waals surface area contributed by atoms with Gasteiger partial charge in [-0.1, -0.05) is 0 Å². The summed E-state index contributed by atoms with van der Waals surface area (Å²) in [5, 5.41) is 17.1. The lowest BCUT2D eigenvalue weighted by Gasteiger charge is -2.28. The van der Waals surface area contributed by atoms with Gasteiger partial charge < -0.3 is 19.7 Å². The molecule has 0 fully saturated rings. The van der Waals surface area contributed by atoms with E-state index < -0.39 is 29.1 Å². The normalized spacial score (nSPS) is 11.8. The largest absolute Gasteiger partial charge is 0.481 e. The first-order chi connectivity index (χ1) is 10.9. The number of carboxylic acid groups (broad SMARTS) is 2. The van der Waals surface area contributed by atoms with Crippen molar-refractivity contribution in [2.75, 3.05) is 6.61 Å². The van der Waals surface area contributed by atoms with E-state index in [9.17, 15) is 19.2 Å². The first kappa shape index (κ1) is 22.0. The molecule has 0 unspecified atom stereocenters. The molecule has 8 nitrogen and oxygen atoms in total. The third-order valence-corrected chi connectivity index (χ3v) is 3.34. The zero-order valence-electron chi connectivity index (χ0n) is 14.6. The molecule has 0 aliphatic heterocycles. The van der Waals surface area contributed by atoms with E-state index in [1.807, 2.05) is 0 Å². The number of ether oxygens (including phenoxy) is 2. The van der Waals surface area contributed by atoms with Crippen LogP contribution in [-0.4, -0.2) is 51.7 Å².